The summed E-state index contributed by atoms with van der Waals surface area (Å²) in [6.07, 6.45) is 0. The molecule has 1 aromatic carbocycles. The summed E-state index contributed by atoms with van der Waals surface area (Å²) >= 11 is 0. The van der Waals surface area contributed by atoms with Gasteiger partial charge in [-0.15, -0.1) is 0 Å². The van der Waals surface area contributed by atoms with Gasteiger partial charge in [-0.25, -0.2) is 9.18 Å². The van der Waals surface area contributed by atoms with Gasteiger partial charge in [-0.3, -0.25) is 23.5 Å². The Kier molecular flexibility index (Phi) is 4.45. The Hall–Kier alpha value is -3.23. The van der Waals surface area contributed by atoms with Gasteiger partial charge in [0.05, 0.1) is 0 Å². The highest BCUT2D eigenvalue weighted by atomic mass is 19.1. The predicted molar refractivity (Wildman–Crippen MR) is 90.1 cm³/mol. The van der Waals surface area contributed by atoms with Crippen LogP contribution in [0.4, 0.5) is 4.39 Å². The van der Waals surface area contributed by atoms with Gasteiger partial charge in [-0.1, -0.05) is 12.1 Å². The summed E-state index contributed by atoms with van der Waals surface area (Å²) in [6.45, 7) is 0.428. The third-order valence-corrected chi connectivity index (χ3v) is 4.40. The number of halogens is 1. The summed E-state index contributed by atoms with van der Waals surface area (Å²) < 4.78 is 15.1. The molecule has 26 heavy (non-hydrogen) atoms. The first-order valence-electron chi connectivity index (χ1n) is 7.92. The van der Waals surface area contributed by atoms with E-state index in [2.05, 4.69) is 5.32 Å². The predicted octanol–water partition coefficient (Wildman–Crippen LogP) is -0.464. The lowest BCUT2D eigenvalue weighted by atomic mass is 10.0. The lowest BCUT2D eigenvalue weighted by molar-refractivity contribution is -0.128. The number of nitrogens with one attached hydrogen (secondary N) is 1. The maximum Gasteiger partial charge on any atom is 0.331 e. The highest BCUT2D eigenvalue weighted by Crippen LogP contribution is 2.25. The lowest BCUT2D eigenvalue weighted by Crippen LogP contribution is -2.53. The van der Waals surface area contributed by atoms with E-state index in [-0.39, 0.29) is 18.8 Å². The van der Waals surface area contributed by atoms with Gasteiger partial charge in [-0.05, 0) is 17.7 Å². The van der Waals surface area contributed by atoms with Gasteiger partial charge >= 0.3 is 5.69 Å². The molecule has 1 unspecified atom stereocenters. The van der Waals surface area contributed by atoms with Crippen LogP contribution in [0.1, 0.15) is 22.1 Å². The molecule has 0 spiro atoms. The normalized spacial score (nSPS) is 17.1. The molecule has 1 aliphatic rings. The maximum atomic E-state index is 13.2. The highest BCUT2D eigenvalue weighted by molar-refractivity contribution is 5.97. The van der Waals surface area contributed by atoms with Gasteiger partial charge in [0, 0.05) is 33.3 Å². The zero-order valence-electron chi connectivity index (χ0n) is 14.2. The quantitative estimate of drug-likeness (QED) is 0.784. The number of carbonyl (C=O) groups is 2. The third kappa shape index (κ3) is 2.92. The molecule has 136 valence electrons. The first-order valence-corrected chi connectivity index (χ1v) is 7.92. The Bertz CT molecular complexity index is 993. The Balaban J connectivity index is 2.07. The second kappa shape index (κ2) is 6.58. The first-order chi connectivity index (χ1) is 12.3. The molecule has 2 heterocycles. The summed E-state index contributed by atoms with van der Waals surface area (Å²) in [5.74, 6) is -1.49. The van der Waals surface area contributed by atoms with Crippen molar-refractivity contribution in [3.8, 4) is 0 Å². The van der Waals surface area contributed by atoms with Gasteiger partial charge < -0.3 is 10.2 Å². The fourth-order valence-corrected chi connectivity index (χ4v) is 2.95. The molecule has 9 heteroatoms. The molecule has 2 aromatic rings. The van der Waals surface area contributed by atoms with E-state index in [0.29, 0.717) is 5.56 Å². The molecule has 2 amide bonds. The van der Waals surface area contributed by atoms with E-state index in [4.69, 9.17) is 0 Å². The van der Waals surface area contributed by atoms with Gasteiger partial charge in [0.1, 0.15) is 17.6 Å². The Morgan fingerprint density at radius 1 is 1.12 bits per heavy atom. The highest BCUT2D eigenvalue weighted by Gasteiger charge is 2.35. The van der Waals surface area contributed by atoms with Crippen LogP contribution in [0, 0.1) is 5.82 Å². The average molecular weight is 360 g/mol. The molecule has 1 atom stereocenters. The average Bonchev–Trinajstić information content (AvgIpc) is 2.63. The number of aromatic nitrogens is 2. The molecule has 0 radical (unpaired) electrons. The number of hydrogen-bond acceptors (Lipinski definition) is 4. The number of rotatable bonds is 2. The zero-order chi connectivity index (χ0) is 19.0. The zero-order valence-corrected chi connectivity index (χ0v) is 14.2. The van der Waals surface area contributed by atoms with Crippen LogP contribution < -0.4 is 16.6 Å². The van der Waals surface area contributed by atoms with Crippen LogP contribution >= 0.6 is 0 Å². The van der Waals surface area contributed by atoms with E-state index in [9.17, 15) is 23.6 Å². The second-order valence-corrected chi connectivity index (χ2v) is 6.01. The molecule has 1 saturated heterocycles. The number of piperazine rings is 1. The molecule has 0 aliphatic carbocycles. The summed E-state index contributed by atoms with van der Waals surface area (Å²) in [4.78, 5) is 50.6. The van der Waals surface area contributed by atoms with E-state index >= 15 is 0 Å². The largest absolute Gasteiger partial charge is 0.352 e. The fourth-order valence-electron chi connectivity index (χ4n) is 2.95. The first kappa shape index (κ1) is 17.6. The van der Waals surface area contributed by atoms with Crippen molar-refractivity contribution in [1.29, 1.82) is 0 Å². The summed E-state index contributed by atoms with van der Waals surface area (Å²) in [5, 5.41) is 2.67. The fraction of sp³-hybridized carbons (Fsp3) is 0.294. The van der Waals surface area contributed by atoms with Crippen LogP contribution in [0.25, 0.3) is 0 Å². The molecule has 0 saturated carbocycles. The minimum atomic E-state index is -0.976. The number of hydrogen-bond donors (Lipinski definition) is 1. The Morgan fingerprint density at radius 3 is 2.42 bits per heavy atom. The molecule has 1 aromatic heterocycles. The van der Waals surface area contributed by atoms with Gasteiger partial charge in [-0.2, -0.15) is 0 Å². The molecule has 1 N–H and O–H groups in total. The summed E-state index contributed by atoms with van der Waals surface area (Å²) in [7, 11) is 2.69. The SMILES string of the molecule is Cn1c(C(=O)N2CCNC(=O)C2c2ccc(F)cc2)cc(=O)n(C)c1=O. The van der Waals surface area contributed by atoms with Crippen molar-refractivity contribution in [2.45, 2.75) is 6.04 Å². The van der Waals surface area contributed by atoms with E-state index in [1.165, 1.54) is 43.3 Å². The van der Waals surface area contributed by atoms with Crippen molar-refractivity contribution in [3.05, 3.63) is 68.2 Å². The molecule has 1 aliphatic heterocycles. The third-order valence-electron chi connectivity index (χ3n) is 4.40. The van der Waals surface area contributed by atoms with Gasteiger partial charge in [0.15, 0.2) is 0 Å². The molecule has 8 nitrogen and oxygen atoms in total. The standard InChI is InChI=1S/C17H17FN4O4/c1-20-12(9-13(23)21(2)17(20)26)16(25)22-8-7-19-15(24)14(22)10-3-5-11(18)6-4-10/h3-6,9,14H,7-8H2,1-2H3,(H,19,24). The van der Waals surface area contributed by atoms with Crippen molar-refractivity contribution in [2.75, 3.05) is 13.1 Å². The second-order valence-electron chi connectivity index (χ2n) is 6.01. The summed E-state index contributed by atoms with van der Waals surface area (Å²) in [6, 6.07) is 5.35. The van der Waals surface area contributed by atoms with E-state index in [1.54, 1.807) is 0 Å². The van der Waals surface area contributed by atoms with E-state index in [1.807, 2.05) is 0 Å². The van der Waals surface area contributed by atoms with Crippen LogP contribution in [0.2, 0.25) is 0 Å². The monoisotopic (exact) mass is 360 g/mol. The number of benzene rings is 1. The smallest absolute Gasteiger partial charge is 0.331 e. The lowest BCUT2D eigenvalue weighted by Gasteiger charge is -2.35. The van der Waals surface area contributed by atoms with Crippen LogP contribution in [0.5, 0.6) is 0 Å². The minimum absolute atomic E-state index is 0.111. The maximum absolute atomic E-state index is 13.2. The van der Waals surface area contributed by atoms with Crippen molar-refractivity contribution in [2.24, 2.45) is 14.1 Å². The van der Waals surface area contributed by atoms with Crippen molar-refractivity contribution in [3.63, 3.8) is 0 Å². The minimum Gasteiger partial charge on any atom is -0.352 e. The summed E-state index contributed by atoms with van der Waals surface area (Å²) in [5.41, 5.74) is -0.928. The molecular weight excluding hydrogens is 343 g/mol. The molecule has 1 fully saturated rings. The van der Waals surface area contributed by atoms with Crippen LogP contribution in [0.3, 0.4) is 0 Å². The molecular formula is C17H17FN4O4. The van der Waals surface area contributed by atoms with Gasteiger partial charge in [0.25, 0.3) is 11.5 Å². The van der Waals surface area contributed by atoms with Crippen LogP contribution in [-0.2, 0) is 18.9 Å². The number of carbonyl (C=O) groups excluding carboxylic acids is 2. The number of amides is 2. The topological polar surface area (TPSA) is 93.4 Å². The van der Waals surface area contributed by atoms with Crippen LogP contribution in [0.15, 0.2) is 39.9 Å². The van der Waals surface area contributed by atoms with Crippen molar-refractivity contribution in [1.82, 2.24) is 19.4 Å². The van der Waals surface area contributed by atoms with E-state index in [0.717, 1.165) is 15.2 Å². The van der Waals surface area contributed by atoms with E-state index < -0.39 is 34.9 Å². The van der Waals surface area contributed by atoms with Gasteiger partial charge in [0.2, 0.25) is 5.91 Å². The van der Waals surface area contributed by atoms with Crippen molar-refractivity contribution < 1.29 is 14.0 Å². The van der Waals surface area contributed by atoms with Crippen molar-refractivity contribution >= 4 is 11.8 Å². The van der Waals surface area contributed by atoms with Crippen LogP contribution in [-0.4, -0.2) is 38.9 Å². The molecule has 3 rings (SSSR count). The molecule has 0 bridgehead atoms. The Labute approximate surface area is 147 Å². The Morgan fingerprint density at radius 2 is 1.77 bits per heavy atom. The number of nitrogens with zero attached hydrogens (tertiary/aromatic N) is 3.